The highest BCUT2D eigenvalue weighted by molar-refractivity contribution is 7.89. The minimum absolute atomic E-state index is 0.0256. The van der Waals surface area contributed by atoms with Gasteiger partial charge in [-0.15, -0.1) is 0 Å². The summed E-state index contributed by atoms with van der Waals surface area (Å²) in [5, 5.41) is 0.653. The summed E-state index contributed by atoms with van der Waals surface area (Å²) in [6, 6.07) is 14.5. The van der Waals surface area contributed by atoms with Gasteiger partial charge in [-0.2, -0.15) is 0 Å². The number of para-hydroxylation sites is 1. The molecule has 1 amide bonds. The Morgan fingerprint density at radius 3 is 2.23 bits per heavy atom. The quantitative estimate of drug-likeness (QED) is 0.567. The van der Waals surface area contributed by atoms with Crippen molar-refractivity contribution in [3.8, 4) is 0 Å². The highest BCUT2D eigenvalue weighted by Crippen LogP contribution is 2.29. The molecule has 7 nitrogen and oxygen atoms in total. The minimum atomic E-state index is -3.34. The maximum atomic E-state index is 13.2. The third kappa shape index (κ3) is 4.49. The molecule has 0 saturated carbocycles. The Hall–Kier alpha value is -3.13. The molecule has 1 fully saturated rings. The van der Waals surface area contributed by atoms with Crippen LogP contribution in [0, 0.1) is 0 Å². The second-order valence-electron chi connectivity index (χ2n) is 7.86. The third-order valence-electron chi connectivity index (χ3n) is 5.50. The molecule has 0 N–H and O–H groups in total. The molecule has 0 spiro atoms. The fourth-order valence-electron chi connectivity index (χ4n) is 3.90. The van der Waals surface area contributed by atoms with Gasteiger partial charge in [-0.1, -0.05) is 18.2 Å². The van der Waals surface area contributed by atoms with Crippen LogP contribution >= 0.6 is 0 Å². The second-order valence-corrected chi connectivity index (χ2v) is 10.00. The monoisotopic (exact) mass is 440 g/mol. The van der Waals surface area contributed by atoms with Crippen molar-refractivity contribution in [3.63, 3.8) is 0 Å². The van der Waals surface area contributed by atoms with Gasteiger partial charge in [0.1, 0.15) is 5.58 Å². The van der Waals surface area contributed by atoms with Gasteiger partial charge in [0.15, 0.2) is 21.4 Å². The number of anilines is 1. The van der Waals surface area contributed by atoms with E-state index < -0.39 is 9.84 Å². The smallest absolute Gasteiger partial charge is 0.290 e. The Kier molecular flexibility index (Phi) is 5.58. The molecule has 0 aliphatic carbocycles. The molecular weight excluding hydrogens is 416 g/mol. The highest BCUT2D eigenvalue weighted by Gasteiger charge is 2.29. The SMILES string of the molecule is CC(=O)c1ccc(N2CCN(C(=O)c3oc4ccccc4c3CS(C)(=O)=O)CC2)cc1. The summed E-state index contributed by atoms with van der Waals surface area (Å²) in [5.74, 6) is -0.405. The van der Waals surface area contributed by atoms with Crippen LogP contribution < -0.4 is 4.90 Å². The van der Waals surface area contributed by atoms with E-state index in [9.17, 15) is 18.0 Å². The maximum Gasteiger partial charge on any atom is 0.290 e. The number of hydrogen-bond acceptors (Lipinski definition) is 6. The normalized spacial score (nSPS) is 14.8. The molecule has 162 valence electrons. The predicted octanol–water partition coefficient (Wildman–Crippen LogP) is 3.14. The molecule has 1 saturated heterocycles. The first-order chi connectivity index (χ1) is 14.7. The molecule has 4 rings (SSSR count). The van der Waals surface area contributed by atoms with Crippen molar-refractivity contribution in [2.24, 2.45) is 0 Å². The lowest BCUT2D eigenvalue weighted by Gasteiger charge is -2.36. The van der Waals surface area contributed by atoms with Gasteiger partial charge in [0, 0.05) is 54.6 Å². The number of rotatable bonds is 5. The fraction of sp³-hybridized carbons (Fsp3) is 0.304. The van der Waals surface area contributed by atoms with Crippen LogP contribution in [0.5, 0.6) is 0 Å². The maximum absolute atomic E-state index is 13.2. The number of amides is 1. The zero-order chi connectivity index (χ0) is 22.2. The van der Waals surface area contributed by atoms with Crippen LogP contribution in [0.2, 0.25) is 0 Å². The Bertz CT molecular complexity index is 1240. The second kappa shape index (κ2) is 8.19. The fourth-order valence-corrected chi connectivity index (χ4v) is 4.71. The number of Topliss-reactive ketones (excluding diaryl/α,β-unsaturated/α-hetero) is 1. The lowest BCUT2D eigenvalue weighted by atomic mass is 10.1. The van der Waals surface area contributed by atoms with Crippen molar-refractivity contribution in [3.05, 3.63) is 65.4 Å². The van der Waals surface area contributed by atoms with Gasteiger partial charge in [0.05, 0.1) is 5.75 Å². The van der Waals surface area contributed by atoms with E-state index in [0.717, 1.165) is 11.9 Å². The summed E-state index contributed by atoms with van der Waals surface area (Å²) >= 11 is 0. The Labute approximate surface area is 181 Å². The van der Waals surface area contributed by atoms with Crippen molar-refractivity contribution in [2.75, 3.05) is 37.3 Å². The Balaban J connectivity index is 1.53. The molecule has 2 heterocycles. The molecular formula is C23H24N2O5S. The summed E-state index contributed by atoms with van der Waals surface area (Å²) in [6.07, 6.45) is 1.15. The Morgan fingerprint density at radius 1 is 0.968 bits per heavy atom. The van der Waals surface area contributed by atoms with Crippen molar-refractivity contribution >= 4 is 38.2 Å². The molecule has 0 atom stereocenters. The molecule has 31 heavy (non-hydrogen) atoms. The summed E-state index contributed by atoms with van der Waals surface area (Å²) in [6.45, 7) is 3.78. The molecule has 8 heteroatoms. The lowest BCUT2D eigenvalue weighted by molar-refractivity contribution is 0.0715. The first-order valence-corrected chi connectivity index (χ1v) is 12.1. The van der Waals surface area contributed by atoms with E-state index in [4.69, 9.17) is 4.42 Å². The lowest BCUT2D eigenvalue weighted by Crippen LogP contribution is -2.48. The van der Waals surface area contributed by atoms with Crippen LogP contribution in [-0.4, -0.2) is 57.4 Å². The van der Waals surface area contributed by atoms with Gasteiger partial charge in [-0.3, -0.25) is 9.59 Å². The van der Waals surface area contributed by atoms with E-state index in [0.29, 0.717) is 48.3 Å². The van der Waals surface area contributed by atoms with Crippen LogP contribution in [-0.2, 0) is 15.6 Å². The number of piperazine rings is 1. The van der Waals surface area contributed by atoms with Gasteiger partial charge in [-0.25, -0.2) is 8.42 Å². The van der Waals surface area contributed by atoms with Crippen LogP contribution in [0.1, 0.15) is 33.4 Å². The number of carbonyl (C=O) groups excluding carboxylic acids is 2. The predicted molar refractivity (Wildman–Crippen MR) is 119 cm³/mol. The molecule has 2 aromatic carbocycles. The van der Waals surface area contributed by atoms with E-state index in [-0.39, 0.29) is 23.2 Å². The number of fused-ring (bicyclic) bond motifs is 1. The third-order valence-corrected chi connectivity index (χ3v) is 6.32. The molecule has 3 aromatic rings. The van der Waals surface area contributed by atoms with E-state index in [1.54, 1.807) is 41.3 Å². The number of sulfone groups is 1. The summed E-state index contributed by atoms with van der Waals surface area (Å²) < 4.78 is 29.7. The van der Waals surface area contributed by atoms with Gasteiger partial charge < -0.3 is 14.2 Å². The van der Waals surface area contributed by atoms with Gasteiger partial charge >= 0.3 is 0 Å². The van der Waals surface area contributed by atoms with E-state index >= 15 is 0 Å². The standard InChI is InChI=1S/C23H24N2O5S/c1-16(26)17-7-9-18(10-8-17)24-11-13-25(14-12-24)23(27)22-20(15-31(2,28)29)19-5-3-4-6-21(19)30-22/h3-10H,11-15H2,1-2H3. The van der Waals surface area contributed by atoms with Crippen LogP contribution in [0.4, 0.5) is 5.69 Å². The number of benzene rings is 2. The zero-order valence-electron chi connectivity index (χ0n) is 17.5. The zero-order valence-corrected chi connectivity index (χ0v) is 18.3. The van der Waals surface area contributed by atoms with Crippen LogP contribution in [0.3, 0.4) is 0 Å². The Morgan fingerprint density at radius 2 is 1.61 bits per heavy atom. The van der Waals surface area contributed by atoms with Gasteiger partial charge in [0.25, 0.3) is 5.91 Å². The average Bonchev–Trinajstić information content (AvgIpc) is 3.10. The number of furan rings is 1. The molecule has 1 aliphatic rings. The van der Waals surface area contributed by atoms with Gasteiger partial charge in [0.2, 0.25) is 0 Å². The topological polar surface area (TPSA) is 87.9 Å². The summed E-state index contributed by atoms with van der Waals surface area (Å²) in [7, 11) is -3.34. The largest absolute Gasteiger partial charge is 0.451 e. The molecule has 0 radical (unpaired) electrons. The van der Waals surface area contributed by atoms with E-state index in [1.807, 2.05) is 12.1 Å². The summed E-state index contributed by atoms with van der Waals surface area (Å²) in [4.78, 5) is 28.5. The minimum Gasteiger partial charge on any atom is -0.451 e. The summed E-state index contributed by atoms with van der Waals surface area (Å²) in [5.41, 5.74) is 2.60. The van der Waals surface area contributed by atoms with Crippen molar-refractivity contribution in [2.45, 2.75) is 12.7 Å². The van der Waals surface area contributed by atoms with E-state index in [2.05, 4.69) is 4.90 Å². The molecule has 0 unspecified atom stereocenters. The van der Waals surface area contributed by atoms with E-state index in [1.165, 1.54) is 6.92 Å². The number of nitrogens with zero attached hydrogens (tertiary/aromatic N) is 2. The van der Waals surface area contributed by atoms with Crippen molar-refractivity contribution in [1.29, 1.82) is 0 Å². The van der Waals surface area contributed by atoms with Crippen LogP contribution in [0.15, 0.2) is 52.9 Å². The first-order valence-electron chi connectivity index (χ1n) is 10.1. The number of carbonyl (C=O) groups is 2. The van der Waals surface area contributed by atoms with Crippen molar-refractivity contribution in [1.82, 2.24) is 4.90 Å². The molecule has 1 aliphatic heterocycles. The average molecular weight is 441 g/mol. The molecule has 1 aromatic heterocycles. The number of hydrogen-bond donors (Lipinski definition) is 0. The first kappa shape index (κ1) is 21.1. The van der Waals surface area contributed by atoms with Gasteiger partial charge in [-0.05, 0) is 37.3 Å². The van der Waals surface area contributed by atoms with Crippen molar-refractivity contribution < 1.29 is 22.4 Å². The molecule has 0 bridgehead atoms. The van der Waals surface area contributed by atoms with Crippen LogP contribution in [0.25, 0.3) is 11.0 Å². The highest BCUT2D eigenvalue weighted by atomic mass is 32.2. The number of ketones is 1.